The molecule has 29 heavy (non-hydrogen) atoms. The summed E-state index contributed by atoms with van der Waals surface area (Å²) in [6.45, 7) is 7.77. The maximum absolute atomic E-state index is 6.09. The lowest BCUT2D eigenvalue weighted by molar-refractivity contribution is 0.0676. The number of aryl methyl sites for hydroxylation is 2. The molecule has 0 aliphatic carbocycles. The highest BCUT2D eigenvalue weighted by Gasteiger charge is 2.17. The first-order chi connectivity index (χ1) is 14.1. The Hall–Kier alpha value is -2.54. The van der Waals surface area contributed by atoms with Crippen molar-refractivity contribution in [1.82, 2.24) is 20.4 Å². The quantitative estimate of drug-likeness (QED) is 0.501. The van der Waals surface area contributed by atoms with Gasteiger partial charge in [0.05, 0.1) is 18.8 Å². The minimum atomic E-state index is 0.207. The van der Waals surface area contributed by atoms with Gasteiger partial charge in [-0.05, 0) is 50.3 Å². The zero-order chi connectivity index (χ0) is 20.5. The number of nitrogens with zero attached hydrogens (tertiary/aromatic N) is 3. The lowest BCUT2D eigenvalue weighted by Crippen LogP contribution is -2.38. The van der Waals surface area contributed by atoms with Crippen LogP contribution in [0.25, 0.3) is 0 Å². The first kappa shape index (κ1) is 21.2. The van der Waals surface area contributed by atoms with Crippen LogP contribution in [0, 0.1) is 6.92 Å². The van der Waals surface area contributed by atoms with Gasteiger partial charge in [-0.15, -0.1) is 0 Å². The van der Waals surface area contributed by atoms with E-state index in [0.717, 1.165) is 56.2 Å². The normalized spacial score (nSPS) is 16.8. The Bertz CT molecular complexity index is 796. The molecule has 3 rings (SSSR count). The summed E-state index contributed by atoms with van der Waals surface area (Å²) in [5.74, 6) is 1.71. The van der Waals surface area contributed by atoms with Crippen LogP contribution in [0.1, 0.15) is 36.5 Å². The Morgan fingerprint density at radius 3 is 3.00 bits per heavy atom. The summed E-state index contributed by atoms with van der Waals surface area (Å²) in [7, 11) is 1.93. The number of guanidine groups is 1. The van der Waals surface area contributed by atoms with Crippen molar-refractivity contribution in [3.8, 4) is 5.75 Å². The number of aliphatic imine (C=N–C) groups is 1. The Labute approximate surface area is 173 Å². The molecule has 1 aromatic heterocycles. The van der Waals surface area contributed by atoms with E-state index < -0.39 is 0 Å². The fourth-order valence-electron chi connectivity index (χ4n) is 3.32. The van der Waals surface area contributed by atoms with E-state index in [-0.39, 0.29) is 6.10 Å². The molecule has 0 saturated carbocycles. The predicted molar refractivity (Wildman–Crippen MR) is 115 cm³/mol. The molecule has 1 aliphatic rings. The highest BCUT2D eigenvalue weighted by atomic mass is 16.5. The SMILES string of the molecule is CCNC(=NCc1ccc(C)cc1OCC1CCCO1)NCCc1cnn(C)c1. The molecule has 2 heterocycles. The van der Waals surface area contributed by atoms with Crippen molar-refractivity contribution < 1.29 is 9.47 Å². The van der Waals surface area contributed by atoms with Crippen molar-refractivity contribution in [2.75, 3.05) is 26.3 Å². The van der Waals surface area contributed by atoms with Gasteiger partial charge in [-0.3, -0.25) is 4.68 Å². The highest BCUT2D eigenvalue weighted by molar-refractivity contribution is 5.79. The van der Waals surface area contributed by atoms with Crippen molar-refractivity contribution in [1.29, 1.82) is 0 Å². The van der Waals surface area contributed by atoms with Gasteiger partial charge >= 0.3 is 0 Å². The van der Waals surface area contributed by atoms with Gasteiger partial charge < -0.3 is 20.1 Å². The van der Waals surface area contributed by atoms with E-state index in [1.54, 1.807) is 0 Å². The molecule has 2 N–H and O–H groups in total. The Morgan fingerprint density at radius 2 is 2.28 bits per heavy atom. The van der Waals surface area contributed by atoms with E-state index in [1.165, 1.54) is 11.1 Å². The first-order valence-electron chi connectivity index (χ1n) is 10.5. The van der Waals surface area contributed by atoms with Gasteiger partial charge in [-0.25, -0.2) is 4.99 Å². The number of hydrogen-bond acceptors (Lipinski definition) is 4. The van der Waals surface area contributed by atoms with Crippen LogP contribution in [0.15, 0.2) is 35.6 Å². The monoisotopic (exact) mass is 399 g/mol. The zero-order valence-electron chi connectivity index (χ0n) is 17.8. The molecular weight excluding hydrogens is 366 g/mol. The Morgan fingerprint density at radius 1 is 1.38 bits per heavy atom. The van der Waals surface area contributed by atoms with Gasteiger partial charge in [0.15, 0.2) is 5.96 Å². The average Bonchev–Trinajstić information content (AvgIpc) is 3.37. The number of hydrogen-bond donors (Lipinski definition) is 2. The zero-order valence-corrected chi connectivity index (χ0v) is 17.8. The van der Waals surface area contributed by atoms with Gasteiger partial charge in [0.2, 0.25) is 0 Å². The standard InChI is InChI=1S/C22H33N5O2/c1-4-23-22(24-10-9-18-13-26-27(3)15-18)25-14-19-8-7-17(2)12-21(19)29-16-20-6-5-11-28-20/h7-8,12-13,15,20H,4-6,9-11,14,16H2,1-3H3,(H2,23,24,25). The third kappa shape index (κ3) is 6.78. The molecule has 0 radical (unpaired) electrons. The molecular formula is C22H33N5O2. The fraction of sp³-hybridized carbons (Fsp3) is 0.545. The molecule has 1 aliphatic heterocycles. The number of nitrogens with one attached hydrogen (secondary N) is 2. The summed E-state index contributed by atoms with van der Waals surface area (Å²) in [4.78, 5) is 4.75. The molecule has 1 atom stereocenters. The van der Waals surface area contributed by atoms with Crippen molar-refractivity contribution in [2.24, 2.45) is 12.0 Å². The van der Waals surface area contributed by atoms with Crippen molar-refractivity contribution in [3.63, 3.8) is 0 Å². The second-order valence-corrected chi connectivity index (χ2v) is 7.45. The lowest BCUT2D eigenvalue weighted by Gasteiger charge is -2.15. The van der Waals surface area contributed by atoms with Crippen LogP contribution < -0.4 is 15.4 Å². The van der Waals surface area contributed by atoms with E-state index in [0.29, 0.717) is 13.2 Å². The van der Waals surface area contributed by atoms with Crippen LogP contribution in [-0.2, 0) is 24.8 Å². The molecule has 158 valence electrons. The molecule has 1 unspecified atom stereocenters. The highest BCUT2D eigenvalue weighted by Crippen LogP contribution is 2.23. The largest absolute Gasteiger partial charge is 0.491 e. The molecule has 0 bridgehead atoms. The lowest BCUT2D eigenvalue weighted by atomic mass is 10.1. The third-order valence-electron chi connectivity index (χ3n) is 4.89. The smallest absolute Gasteiger partial charge is 0.191 e. The van der Waals surface area contributed by atoms with Crippen LogP contribution in [0.3, 0.4) is 0 Å². The van der Waals surface area contributed by atoms with Crippen LogP contribution in [0.2, 0.25) is 0 Å². The van der Waals surface area contributed by atoms with E-state index in [2.05, 4.69) is 47.8 Å². The molecule has 7 nitrogen and oxygen atoms in total. The van der Waals surface area contributed by atoms with Crippen molar-refractivity contribution in [2.45, 2.75) is 45.8 Å². The van der Waals surface area contributed by atoms with Gasteiger partial charge in [0.1, 0.15) is 12.4 Å². The number of benzene rings is 1. The van der Waals surface area contributed by atoms with E-state index in [1.807, 2.05) is 24.1 Å². The number of aromatic nitrogens is 2. The predicted octanol–water partition coefficient (Wildman–Crippen LogP) is 2.58. The summed E-state index contributed by atoms with van der Waals surface area (Å²) >= 11 is 0. The number of rotatable bonds is 9. The van der Waals surface area contributed by atoms with Gasteiger partial charge in [0.25, 0.3) is 0 Å². The topological polar surface area (TPSA) is 72.7 Å². The molecule has 1 aromatic carbocycles. The Balaban J connectivity index is 1.58. The van der Waals surface area contributed by atoms with Crippen molar-refractivity contribution >= 4 is 5.96 Å². The van der Waals surface area contributed by atoms with E-state index >= 15 is 0 Å². The van der Waals surface area contributed by atoms with E-state index in [4.69, 9.17) is 14.5 Å². The second kappa shape index (κ2) is 10.9. The molecule has 2 aromatic rings. The molecule has 1 saturated heterocycles. The summed E-state index contributed by atoms with van der Waals surface area (Å²) < 4.78 is 13.6. The minimum Gasteiger partial charge on any atom is -0.491 e. The van der Waals surface area contributed by atoms with E-state index in [9.17, 15) is 0 Å². The third-order valence-corrected chi connectivity index (χ3v) is 4.89. The molecule has 0 amide bonds. The average molecular weight is 400 g/mol. The molecule has 1 fully saturated rings. The molecule has 0 spiro atoms. The maximum Gasteiger partial charge on any atom is 0.191 e. The minimum absolute atomic E-state index is 0.207. The summed E-state index contributed by atoms with van der Waals surface area (Å²) in [5.41, 5.74) is 3.47. The van der Waals surface area contributed by atoms with Gasteiger partial charge in [-0.2, -0.15) is 5.10 Å². The van der Waals surface area contributed by atoms with Crippen LogP contribution in [-0.4, -0.2) is 48.1 Å². The first-order valence-corrected chi connectivity index (χ1v) is 10.5. The van der Waals surface area contributed by atoms with Gasteiger partial charge in [-0.1, -0.05) is 12.1 Å². The van der Waals surface area contributed by atoms with Crippen LogP contribution in [0.5, 0.6) is 5.75 Å². The van der Waals surface area contributed by atoms with Crippen molar-refractivity contribution in [3.05, 3.63) is 47.3 Å². The summed E-state index contributed by atoms with van der Waals surface area (Å²) in [6, 6.07) is 6.29. The maximum atomic E-state index is 6.09. The number of ether oxygens (including phenoxy) is 2. The fourth-order valence-corrected chi connectivity index (χ4v) is 3.32. The van der Waals surface area contributed by atoms with Gasteiger partial charge in [0, 0.05) is 38.5 Å². The summed E-state index contributed by atoms with van der Waals surface area (Å²) in [6.07, 6.45) is 7.24. The van der Waals surface area contributed by atoms with Crippen LogP contribution in [0.4, 0.5) is 0 Å². The molecule has 7 heteroatoms. The second-order valence-electron chi connectivity index (χ2n) is 7.45. The summed E-state index contributed by atoms with van der Waals surface area (Å²) in [5, 5.41) is 10.9. The van der Waals surface area contributed by atoms with Crippen LogP contribution >= 0.6 is 0 Å². The Kier molecular flexibility index (Phi) is 7.93.